The van der Waals surface area contributed by atoms with E-state index in [1.807, 2.05) is 6.92 Å². The van der Waals surface area contributed by atoms with Gasteiger partial charge in [-0.15, -0.1) is 12.3 Å². The van der Waals surface area contributed by atoms with Crippen LogP contribution in [0.3, 0.4) is 0 Å². The molecule has 0 amide bonds. The maximum Gasteiger partial charge on any atom is 0.172 e. The fraction of sp³-hybridized carbons (Fsp3) is 0.778. The fourth-order valence-corrected chi connectivity index (χ4v) is 1.08. The Morgan fingerprint density at radius 3 is 2.33 bits per heavy atom. The molecule has 0 aromatic rings. The van der Waals surface area contributed by atoms with Crippen LogP contribution in [0.25, 0.3) is 0 Å². The number of terminal acetylenes is 1. The topological polar surface area (TPSA) is 30.5 Å². The molecule has 0 aliphatic carbocycles. The predicted octanol–water partition coefficient (Wildman–Crippen LogP) is 0.607. The average molecular weight is 171 g/mol. The van der Waals surface area contributed by atoms with E-state index in [1.54, 1.807) is 14.2 Å². The highest BCUT2D eigenvalue weighted by Crippen LogP contribution is 2.02. The van der Waals surface area contributed by atoms with Crippen molar-refractivity contribution in [2.24, 2.45) is 0 Å². The standard InChI is InChI=1S/C9H17NO2/c1-5-7-8(10-6-2)9(11-3)12-4/h1,8-10H,6-7H2,2-4H3. The Kier molecular flexibility index (Phi) is 6.78. The van der Waals surface area contributed by atoms with Gasteiger partial charge >= 0.3 is 0 Å². The van der Waals surface area contributed by atoms with Crippen LogP contribution in [-0.4, -0.2) is 33.1 Å². The summed E-state index contributed by atoms with van der Waals surface area (Å²) in [5.41, 5.74) is 0. The number of likely N-dealkylation sites (N-methyl/N-ethyl adjacent to an activating group) is 1. The average Bonchev–Trinajstić information content (AvgIpc) is 2.07. The molecular formula is C9H17NO2. The molecule has 12 heavy (non-hydrogen) atoms. The first-order chi connectivity index (χ1) is 5.79. The van der Waals surface area contributed by atoms with Crippen LogP contribution in [0.15, 0.2) is 0 Å². The first kappa shape index (κ1) is 11.4. The van der Waals surface area contributed by atoms with Gasteiger partial charge in [0.2, 0.25) is 0 Å². The molecule has 0 aromatic carbocycles. The van der Waals surface area contributed by atoms with E-state index in [-0.39, 0.29) is 12.3 Å². The molecule has 3 nitrogen and oxygen atoms in total. The molecule has 1 unspecified atom stereocenters. The lowest BCUT2D eigenvalue weighted by molar-refractivity contribution is -0.121. The minimum Gasteiger partial charge on any atom is -0.354 e. The van der Waals surface area contributed by atoms with Crippen LogP contribution >= 0.6 is 0 Å². The Hall–Kier alpha value is -0.560. The van der Waals surface area contributed by atoms with Crippen LogP contribution in [0.1, 0.15) is 13.3 Å². The second-order valence-corrected chi connectivity index (χ2v) is 2.41. The van der Waals surface area contributed by atoms with Crippen molar-refractivity contribution in [3.63, 3.8) is 0 Å². The van der Waals surface area contributed by atoms with Gasteiger partial charge in [0.15, 0.2) is 6.29 Å². The molecule has 0 saturated heterocycles. The van der Waals surface area contributed by atoms with Crippen molar-refractivity contribution in [3.05, 3.63) is 0 Å². The monoisotopic (exact) mass is 171 g/mol. The zero-order valence-electron chi connectivity index (χ0n) is 7.96. The zero-order chi connectivity index (χ0) is 9.40. The summed E-state index contributed by atoms with van der Waals surface area (Å²) in [6.07, 6.45) is 5.55. The van der Waals surface area contributed by atoms with E-state index in [0.29, 0.717) is 6.42 Å². The minimum absolute atomic E-state index is 0.0787. The van der Waals surface area contributed by atoms with E-state index >= 15 is 0 Å². The van der Waals surface area contributed by atoms with Crippen molar-refractivity contribution in [1.82, 2.24) is 5.32 Å². The Morgan fingerprint density at radius 1 is 1.42 bits per heavy atom. The molecule has 0 spiro atoms. The zero-order valence-corrected chi connectivity index (χ0v) is 7.96. The van der Waals surface area contributed by atoms with Gasteiger partial charge in [-0.1, -0.05) is 6.92 Å². The van der Waals surface area contributed by atoms with Gasteiger partial charge < -0.3 is 14.8 Å². The van der Waals surface area contributed by atoms with Crippen LogP contribution in [0, 0.1) is 12.3 Å². The molecule has 0 aliphatic heterocycles. The second-order valence-electron chi connectivity index (χ2n) is 2.41. The van der Waals surface area contributed by atoms with E-state index in [2.05, 4.69) is 11.2 Å². The number of ether oxygens (including phenoxy) is 2. The lowest BCUT2D eigenvalue weighted by Gasteiger charge is -2.23. The van der Waals surface area contributed by atoms with Crippen LogP contribution < -0.4 is 5.32 Å². The summed E-state index contributed by atoms with van der Waals surface area (Å²) in [5.74, 6) is 2.58. The van der Waals surface area contributed by atoms with Crippen molar-refractivity contribution in [3.8, 4) is 12.3 Å². The van der Waals surface area contributed by atoms with E-state index in [0.717, 1.165) is 6.54 Å². The van der Waals surface area contributed by atoms with E-state index < -0.39 is 0 Å². The van der Waals surface area contributed by atoms with Crippen LogP contribution in [-0.2, 0) is 9.47 Å². The van der Waals surface area contributed by atoms with Crippen molar-refractivity contribution >= 4 is 0 Å². The number of hydrogen-bond acceptors (Lipinski definition) is 3. The van der Waals surface area contributed by atoms with Crippen LogP contribution in [0.2, 0.25) is 0 Å². The SMILES string of the molecule is C#CCC(NCC)C(OC)OC. The van der Waals surface area contributed by atoms with Crippen molar-refractivity contribution in [2.75, 3.05) is 20.8 Å². The molecule has 0 bridgehead atoms. The summed E-state index contributed by atoms with van der Waals surface area (Å²) in [4.78, 5) is 0. The van der Waals surface area contributed by atoms with Gasteiger partial charge in [-0.2, -0.15) is 0 Å². The maximum absolute atomic E-state index is 5.21. The van der Waals surface area contributed by atoms with Crippen LogP contribution in [0.5, 0.6) is 0 Å². The molecule has 0 aromatic heterocycles. The summed E-state index contributed by atoms with van der Waals surface area (Å²) in [5, 5.41) is 3.19. The molecule has 0 rings (SSSR count). The maximum atomic E-state index is 5.21. The first-order valence-electron chi connectivity index (χ1n) is 4.02. The first-order valence-corrected chi connectivity index (χ1v) is 4.02. The predicted molar refractivity (Wildman–Crippen MR) is 48.7 cm³/mol. The van der Waals surface area contributed by atoms with Gasteiger partial charge in [0.25, 0.3) is 0 Å². The van der Waals surface area contributed by atoms with E-state index in [4.69, 9.17) is 15.9 Å². The third kappa shape index (κ3) is 3.72. The molecule has 1 atom stereocenters. The largest absolute Gasteiger partial charge is 0.354 e. The van der Waals surface area contributed by atoms with E-state index in [1.165, 1.54) is 0 Å². The normalized spacial score (nSPS) is 12.9. The molecule has 0 saturated carbocycles. The lowest BCUT2D eigenvalue weighted by atomic mass is 10.2. The summed E-state index contributed by atoms with van der Waals surface area (Å²) in [7, 11) is 3.21. The summed E-state index contributed by atoms with van der Waals surface area (Å²) in [6, 6.07) is 0.0787. The molecule has 0 aliphatic rings. The summed E-state index contributed by atoms with van der Waals surface area (Å²) >= 11 is 0. The number of rotatable bonds is 6. The number of hydrogen-bond donors (Lipinski definition) is 1. The molecule has 0 heterocycles. The smallest absolute Gasteiger partial charge is 0.172 e. The Balaban J connectivity index is 3.97. The van der Waals surface area contributed by atoms with Gasteiger partial charge in [0.1, 0.15) is 0 Å². The fourth-order valence-electron chi connectivity index (χ4n) is 1.08. The number of methoxy groups -OCH3 is 2. The molecular weight excluding hydrogens is 154 g/mol. The third-order valence-corrected chi connectivity index (χ3v) is 1.60. The lowest BCUT2D eigenvalue weighted by Crippen LogP contribution is -2.41. The molecule has 70 valence electrons. The summed E-state index contributed by atoms with van der Waals surface area (Å²) < 4.78 is 10.2. The Bertz CT molecular complexity index is 138. The third-order valence-electron chi connectivity index (χ3n) is 1.60. The minimum atomic E-state index is -0.263. The molecule has 0 fully saturated rings. The number of nitrogens with one attached hydrogen (secondary N) is 1. The van der Waals surface area contributed by atoms with Crippen molar-refractivity contribution in [2.45, 2.75) is 25.7 Å². The Labute approximate surface area is 74.4 Å². The highest BCUT2D eigenvalue weighted by atomic mass is 16.7. The molecule has 0 radical (unpaired) electrons. The summed E-state index contributed by atoms with van der Waals surface area (Å²) in [6.45, 7) is 2.88. The van der Waals surface area contributed by atoms with Gasteiger partial charge in [0.05, 0.1) is 6.04 Å². The van der Waals surface area contributed by atoms with Gasteiger partial charge in [-0.05, 0) is 6.54 Å². The van der Waals surface area contributed by atoms with Gasteiger partial charge in [-0.3, -0.25) is 0 Å². The van der Waals surface area contributed by atoms with Crippen molar-refractivity contribution < 1.29 is 9.47 Å². The Morgan fingerprint density at radius 2 is 2.00 bits per heavy atom. The quantitative estimate of drug-likeness (QED) is 0.469. The van der Waals surface area contributed by atoms with Gasteiger partial charge in [-0.25, -0.2) is 0 Å². The molecule has 3 heteroatoms. The molecule has 1 N–H and O–H groups in total. The second kappa shape index (κ2) is 7.11. The van der Waals surface area contributed by atoms with Crippen LogP contribution in [0.4, 0.5) is 0 Å². The van der Waals surface area contributed by atoms with Crippen molar-refractivity contribution in [1.29, 1.82) is 0 Å². The van der Waals surface area contributed by atoms with Gasteiger partial charge in [0, 0.05) is 20.6 Å². The highest BCUT2D eigenvalue weighted by Gasteiger charge is 2.18. The van der Waals surface area contributed by atoms with E-state index in [9.17, 15) is 0 Å². The highest BCUT2D eigenvalue weighted by molar-refractivity contribution is 4.91.